The van der Waals surface area contributed by atoms with Gasteiger partial charge in [0.1, 0.15) is 17.1 Å². The van der Waals surface area contributed by atoms with Crippen molar-refractivity contribution in [1.29, 1.82) is 0 Å². The summed E-state index contributed by atoms with van der Waals surface area (Å²) in [5.41, 5.74) is 0.237. The zero-order valence-corrected chi connectivity index (χ0v) is 14.9. The van der Waals surface area contributed by atoms with E-state index in [2.05, 4.69) is 5.32 Å². The van der Waals surface area contributed by atoms with Crippen molar-refractivity contribution in [2.24, 2.45) is 5.92 Å². The number of aliphatic carboxylic acids is 1. The van der Waals surface area contributed by atoms with E-state index in [9.17, 15) is 14.4 Å². The minimum atomic E-state index is -0.935. The maximum absolute atomic E-state index is 12.5. The number of ether oxygens (including phenoxy) is 3. The van der Waals surface area contributed by atoms with E-state index in [0.29, 0.717) is 18.7 Å². The molecule has 1 aliphatic heterocycles. The van der Waals surface area contributed by atoms with Crippen LogP contribution >= 0.6 is 0 Å². The van der Waals surface area contributed by atoms with Gasteiger partial charge in [-0.3, -0.25) is 4.79 Å². The molecule has 1 aromatic carbocycles. The zero-order chi connectivity index (χ0) is 19.3. The third kappa shape index (κ3) is 4.16. The number of carbonyl (C=O) groups excluding carboxylic acids is 2. The van der Waals surface area contributed by atoms with Crippen LogP contribution in [0.2, 0.25) is 0 Å². The first kappa shape index (κ1) is 19.4. The summed E-state index contributed by atoms with van der Waals surface area (Å²) in [5, 5.41) is 11.7. The topological polar surface area (TPSA) is 114 Å². The van der Waals surface area contributed by atoms with E-state index in [-0.39, 0.29) is 30.2 Å². The highest BCUT2D eigenvalue weighted by molar-refractivity contribution is 6.03. The van der Waals surface area contributed by atoms with Gasteiger partial charge in [0, 0.05) is 25.2 Å². The fourth-order valence-electron chi connectivity index (χ4n) is 2.72. The fourth-order valence-corrected chi connectivity index (χ4v) is 2.72. The molecule has 1 aromatic rings. The molecule has 26 heavy (non-hydrogen) atoms. The van der Waals surface area contributed by atoms with Crippen molar-refractivity contribution in [3.63, 3.8) is 0 Å². The summed E-state index contributed by atoms with van der Waals surface area (Å²) in [6.45, 7) is 2.26. The maximum atomic E-state index is 12.5. The minimum Gasteiger partial charge on any atom is -0.497 e. The molecular formula is C17H22N2O7. The van der Waals surface area contributed by atoms with Gasteiger partial charge in [-0.25, -0.2) is 9.59 Å². The van der Waals surface area contributed by atoms with Gasteiger partial charge >= 0.3 is 18.0 Å². The number of amides is 2. The highest BCUT2D eigenvalue weighted by Crippen LogP contribution is 2.33. The molecule has 2 rings (SSSR count). The molecule has 0 saturated carbocycles. The number of nitrogens with zero attached hydrogens (tertiary/aromatic N) is 1. The van der Waals surface area contributed by atoms with E-state index in [1.165, 1.54) is 31.3 Å². The van der Waals surface area contributed by atoms with Crippen LogP contribution in [0.3, 0.4) is 0 Å². The Bertz CT molecular complexity index is 705. The molecule has 0 bridgehead atoms. The third-order valence-corrected chi connectivity index (χ3v) is 4.08. The largest absolute Gasteiger partial charge is 0.497 e. The van der Waals surface area contributed by atoms with Gasteiger partial charge in [0.15, 0.2) is 0 Å². The van der Waals surface area contributed by atoms with Crippen LogP contribution in [-0.4, -0.2) is 61.9 Å². The van der Waals surface area contributed by atoms with Crippen LogP contribution < -0.4 is 14.8 Å². The second kappa shape index (κ2) is 8.41. The number of carbonyl (C=O) groups is 3. The lowest BCUT2D eigenvalue weighted by Crippen LogP contribution is -2.34. The molecule has 142 valence electrons. The van der Waals surface area contributed by atoms with Crippen molar-refractivity contribution in [2.45, 2.75) is 13.3 Å². The van der Waals surface area contributed by atoms with Gasteiger partial charge in [-0.15, -0.1) is 0 Å². The summed E-state index contributed by atoms with van der Waals surface area (Å²) in [6.07, 6.45) is 0.384. The molecule has 1 fully saturated rings. The molecule has 1 unspecified atom stereocenters. The monoisotopic (exact) mass is 366 g/mol. The number of anilines is 1. The Morgan fingerprint density at radius 2 is 2.00 bits per heavy atom. The number of benzene rings is 1. The highest BCUT2D eigenvalue weighted by atomic mass is 16.5. The first-order valence-corrected chi connectivity index (χ1v) is 8.13. The van der Waals surface area contributed by atoms with Crippen molar-refractivity contribution < 1.29 is 33.7 Å². The second-order valence-electron chi connectivity index (χ2n) is 5.67. The SMILES string of the molecule is CCOC(=O)c1c(NC(=O)N2CCC(C(=O)O)C2)cc(OC)cc1OC. The lowest BCUT2D eigenvalue weighted by molar-refractivity contribution is -0.141. The number of nitrogens with one attached hydrogen (secondary N) is 1. The maximum Gasteiger partial charge on any atom is 0.344 e. The van der Waals surface area contributed by atoms with Crippen molar-refractivity contribution in [3.05, 3.63) is 17.7 Å². The Morgan fingerprint density at radius 1 is 1.27 bits per heavy atom. The van der Waals surface area contributed by atoms with Crippen LogP contribution in [0.5, 0.6) is 11.5 Å². The van der Waals surface area contributed by atoms with Gasteiger partial charge < -0.3 is 29.5 Å². The molecule has 1 atom stereocenters. The average molecular weight is 366 g/mol. The number of urea groups is 1. The van der Waals surface area contributed by atoms with Crippen LogP contribution in [-0.2, 0) is 9.53 Å². The Kier molecular flexibility index (Phi) is 6.26. The van der Waals surface area contributed by atoms with Gasteiger partial charge in [-0.2, -0.15) is 0 Å². The van der Waals surface area contributed by atoms with Crippen LogP contribution in [0, 0.1) is 5.92 Å². The number of methoxy groups -OCH3 is 2. The van der Waals surface area contributed by atoms with E-state index in [0.717, 1.165) is 0 Å². The summed E-state index contributed by atoms with van der Waals surface area (Å²) in [4.78, 5) is 37.3. The number of likely N-dealkylation sites (tertiary alicyclic amines) is 1. The summed E-state index contributed by atoms with van der Waals surface area (Å²) in [5.74, 6) is -1.59. The van der Waals surface area contributed by atoms with E-state index >= 15 is 0 Å². The Hall–Kier alpha value is -2.97. The van der Waals surface area contributed by atoms with E-state index < -0.39 is 23.9 Å². The average Bonchev–Trinajstić information content (AvgIpc) is 3.11. The number of esters is 1. The predicted octanol–water partition coefficient (Wildman–Crippen LogP) is 1.82. The van der Waals surface area contributed by atoms with Crippen LogP contribution in [0.25, 0.3) is 0 Å². The standard InChI is InChI=1S/C17H22N2O7/c1-4-26-16(22)14-12(7-11(24-2)8-13(14)25-3)18-17(23)19-6-5-10(9-19)15(20)21/h7-8,10H,4-6,9H2,1-3H3,(H,18,23)(H,20,21). The molecule has 2 N–H and O–H groups in total. The van der Waals surface area contributed by atoms with Crippen molar-refractivity contribution in [3.8, 4) is 11.5 Å². The minimum absolute atomic E-state index is 0.0671. The number of rotatable bonds is 6. The van der Waals surface area contributed by atoms with Crippen LogP contribution in [0.15, 0.2) is 12.1 Å². The van der Waals surface area contributed by atoms with Gasteiger partial charge in [0.2, 0.25) is 0 Å². The van der Waals surface area contributed by atoms with Gasteiger partial charge in [-0.1, -0.05) is 0 Å². The summed E-state index contributed by atoms with van der Waals surface area (Å²) >= 11 is 0. The third-order valence-electron chi connectivity index (χ3n) is 4.08. The number of hydrogen-bond donors (Lipinski definition) is 2. The molecule has 0 aliphatic carbocycles. The van der Waals surface area contributed by atoms with Crippen molar-refractivity contribution in [2.75, 3.05) is 39.2 Å². The Labute approximate surface area is 150 Å². The summed E-state index contributed by atoms with van der Waals surface area (Å²) < 4.78 is 15.4. The lowest BCUT2D eigenvalue weighted by Gasteiger charge is -2.20. The normalized spacial score (nSPS) is 16.1. The van der Waals surface area contributed by atoms with E-state index in [4.69, 9.17) is 19.3 Å². The van der Waals surface area contributed by atoms with Gasteiger partial charge in [-0.05, 0) is 13.3 Å². The van der Waals surface area contributed by atoms with Gasteiger partial charge in [0.05, 0.1) is 32.4 Å². The first-order chi connectivity index (χ1) is 12.4. The Morgan fingerprint density at radius 3 is 2.54 bits per heavy atom. The molecule has 0 radical (unpaired) electrons. The van der Waals surface area contributed by atoms with Crippen molar-refractivity contribution >= 4 is 23.7 Å². The van der Waals surface area contributed by atoms with Gasteiger partial charge in [0.25, 0.3) is 0 Å². The van der Waals surface area contributed by atoms with E-state index in [1.807, 2.05) is 0 Å². The molecule has 2 amide bonds. The fraction of sp³-hybridized carbons (Fsp3) is 0.471. The number of carboxylic acid groups (broad SMARTS) is 1. The Balaban J connectivity index is 2.30. The zero-order valence-electron chi connectivity index (χ0n) is 14.9. The quantitative estimate of drug-likeness (QED) is 0.738. The summed E-state index contributed by atoms with van der Waals surface area (Å²) in [7, 11) is 2.84. The molecular weight excluding hydrogens is 344 g/mol. The lowest BCUT2D eigenvalue weighted by atomic mass is 10.1. The van der Waals surface area contributed by atoms with Crippen LogP contribution in [0.1, 0.15) is 23.7 Å². The summed E-state index contributed by atoms with van der Waals surface area (Å²) in [6, 6.07) is 2.49. The smallest absolute Gasteiger partial charge is 0.344 e. The van der Waals surface area contributed by atoms with Crippen molar-refractivity contribution in [1.82, 2.24) is 4.90 Å². The number of carboxylic acids is 1. The highest BCUT2D eigenvalue weighted by Gasteiger charge is 2.32. The molecule has 1 heterocycles. The molecule has 9 nitrogen and oxygen atoms in total. The second-order valence-corrected chi connectivity index (χ2v) is 5.67. The molecule has 9 heteroatoms. The molecule has 1 saturated heterocycles. The molecule has 0 aromatic heterocycles. The first-order valence-electron chi connectivity index (χ1n) is 8.13. The molecule has 1 aliphatic rings. The van der Waals surface area contributed by atoms with E-state index in [1.54, 1.807) is 6.92 Å². The van der Waals surface area contributed by atoms with Crippen LogP contribution in [0.4, 0.5) is 10.5 Å². The molecule has 0 spiro atoms. The number of hydrogen-bond acceptors (Lipinski definition) is 6. The predicted molar refractivity (Wildman–Crippen MR) is 91.8 cm³/mol.